The molecule has 2 N–H and O–H groups in total. The first-order valence-electron chi connectivity index (χ1n) is 6.12. The fourth-order valence-corrected chi connectivity index (χ4v) is 2.33. The lowest BCUT2D eigenvalue weighted by molar-refractivity contribution is 0.0402. The number of hydrogen-bond acceptors (Lipinski definition) is 4. The summed E-state index contributed by atoms with van der Waals surface area (Å²) in [4.78, 5) is 6.30. The first kappa shape index (κ1) is 12.5. The molecule has 0 amide bonds. The second kappa shape index (κ2) is 5.58. The van der Waals surface area contributed by atoms with Gasteiger partial charge in [-0.05, 0) is 37.6 Å². The van der Waals surface area contributed by atoms with Gasteiger partial charge in [-0.3, -0.25) is 4.98 Å². The Hall–Kier alpha value is -0.970. The van der Waals surface area contributed by atoms with Crippen molar-refractivity contribution in [2.24, 2.45) is 5.73 Å². The molecule has 0 atom stereocenters. The molecule has 0 spiro atoms. The zero-order chi connectivity index (χ0) is 12.1. The molecule has 1 aliphatic heterocycles. The number of pyridine rings is 1. The summed E-state index contributed by atoms with van der Waals surface area (Å²) in [5.74, 6) is 0. The Balaban J connectivity index is 1.86. The largest absolute Gasteiger partial charge is 0.381 e. The van der Waals surface area contributed by atoms with Gasteiger partial charge in [0.2, 0.25) is 0 Å². The molecule has 1 aromatic heterocycles. The van der Waals surface area contributed by atoms with E-state index in [4.69, 9.17) is 10.5 Å². The molecule has 4 heteroatoms. The SMILES string of the molecule is CN(Cc1ccncc1)CC1(N)CCOCC1. The summed E-state index contributed by atoms with van der Waals surface area (Å²) in [6.45, 7) is 3.42. The molecular weight excluding hydrogens is 214 g/mol. The normalized spacial score (nSPS) is 19.5. The summed E-state index contributed by atoms with van der Waals surface area (Å²) in [6.07, 6.45) is 5.56. The molecule has 2 rings (SSSR count). The zero-order valence-corrected chi connectivity index (χ0v) is 10.4. The van der Waals surface area contributed by atoms with Crippen LogP contribution in [0.3, 0.4) is 0 Å². The number of nitrogens with two attached hydrogens (primary N) is 1. The highest BCUT2D eigenvalue weighted by Crippen LogP contribution is 2.19. The number of rotatable bonds is 4. The zero-order valence-electron chi connectivity index (χ0n) is 10.4. The van der Waals surface area contributed by atoms with Crippen LogP contribution in [0.25, 0.3) is 0 Å². The lowest BCUT2D eigenvalue weighted by atomic mass is 9.91. The maximum absolute atomic E-state index is 6.38. The second-order valence-electron chi connectivity index (χ2n) is 5.00. The summed E-state index contributed by atoms with van der Waals surface area (Å²) in [5, 5.41) is 0. The molecule has 0 saturated carbocycles. The Kier molecular flexibility index (Phi) is 4.10. The average molecular weight is 235 g/mol. The molecule has 0 aliphatic carbocycles. The number of hydrogen-bond donors (Lipinski definition) is 1. The van der Waals surface area contributed by atoms with E-state index < -0.39 is 0 Å². The number of aromatic nitrogens is 1. The fourth-order valence-electron chi connectivity index (χ4n) is 2.33. The van der Waals surface area contributed by atoms with E-state index >= 15 is 0 Å². The van der Waals surface area contributed by atoms with Crippen molar-refractivity contribution in [3.8, 4) is 0 Å². The average Bonchev–Trinajstić information content (AvgIpc) is 2.30. The number of likely N-dealkylation sites (N-methyl/N-ethyl adjacent to an activating group) is 1. The Morgan fingerprint density at radius 1 is 1.35 bits per heavy atom. The van der Waals surface area contributed by atoms with Gasteiger partial charge in [0, 0.05) is 44.2 Å². The molecule has 0 bridgehead atoms. The van der Waals surface area contributed by atoms with Crippen molar-refractivity contribution in [3.05, 3.63) is 30.1 Å². The molecular formula is C13H21N3O. The van der Waals surface area contributed by atoms with E-state index in [9.17, 15) is 0 Å². The van der Waals surface area contributed by atoms with E-state index in [2.05, 4.69) is 16.9 Å². The predicted octanol–water partition coefficient (Wildman–Crippen LogP) is 1.02. The maximum atomic E-state index is 6.38. The van der Waals surface area contributed by atoms with Gasteiger partial charge in [0.1, 0.15) is 0 Å². The first-order valence-corrected chi connectivity index (χ1v) is 6.12. The molecule has 0 unspecified atom stereocenters. The van der Waals surface area contributed by atoms with Gasteiger partial charge < -0.3 is 15.4 Å². The van der Waals surface area contributed by atoms with Gasteiger partial charge in [-0.1, -0.05) is 0 Å². The molecule has 17 heavy (non-hydrogen) atoms. The van der Waals surface area contributed by atoms with Crippen molar-refractivity contribution in [2.75, 3.05) is 26.8 Å². The van der Waals surface area contributed by atoms with E-state index in [1.807, 2.05) is 24.5 Å². The highest BCUT2D eigenvalue weighted by Gasteiger charge is 2.29. The second-order valence-corrected chi connectivity index (χ2v) is 5.00. The highest BCUT2D eigenvalue weighted by atomic mass is 16.5. The van der Waals surface area contributed by atoms with Crippen LogP contribution in [0.4, 0.5) is 0 Å². The Bertz CT molecular complexity index is 336. The van der Waals surface area contributed by atoms with Gasteiger partial charge in [0.25, 0.3) is 0 Å². The van der Waals surface area contributed by atoms with Crippen LogP contribution in [-0.2, 0) is 11.3 Å². The van der Waals surface area contributed by atoms with Crippen LogP contribution < -0.4 is 5.73 Å². The van der Waals surface area contributed by atoms with Crippen molar-refractivity contribution in [3.63, 3.8) is 0 Å². The third kappa shape index (κ3) is 3.77. The van der Waals surface area contributed by atoms with E-state index in [1.165, 1.54) is 5.56 Å². The van der Waals surface area contributed by atoms with Crippen molar-refractivity contribution in [1.82, 2.24) is 9.88 Å². The molecule has 0 aromatic carbocycles. The van der Waals surface area contributed by atoms with Crippen molar-refractivity contribution >= 4 is 0 Å². The molecule has 2 heterocycles. The summed E-state index contributed by atoms with van der Waals surface area (Å²) >= 11 is 0. The van der Waals surface area contributed by atoms with Crippen LogP contribution in [0.15, 0.2) is 24.5 Å². The summed E-state index contributed by atoms with van der Waals surface area (Å²) in [5.41, 5.74) is 7.57. The third-order valence-electron chi connectivity index (χ3n) is 3.28. The topological polar surface area (TPSA) is 51.4 Å². The standard InChI is InChI=1S/C13H21N3O/c1-16(10-12-2-6-15-7-3-12)11-13(14)4-8-17-9-5-13/h2-3,6-7H,4-5,8-11,14H2,1H3. The minimum absolute atomic E-state index is 0.0833. The van der Waals surface area contributed by atoms with Crippen molar-refractivity contribution in [1.29, 1.82) is 0 Å². The van der Waals surface area contributed by atoms with Gasteiger partial charge in [-0.25, -0.2) is 0 Å². The quantitative estimate of drug-likeness (QED) is 0.846. The molecule has 1 fully saturated rings. The first-order chi connectivity index (χ1) is 8.18. The molecule has 4 nitrogen and oxygen atoms in total. The van der Waals surface area contributed by atoms with E-state index in [1.54, 1.807) is 0 Å². The van der Waals surface area contributed by atoms with Gasteiger partial charge in [-0.2, -0.15) is 0 Å². The van der Waals surface area contributed by atoms with E-state index in [0.29, 0.717) is 0 Å². The molecule has 94 valence electrons. The smallest absolute Gasteiger partial charge is 0.0484 e. The van der Waals surface area contributed by atoms with Crippen LogP contribution in [0.2, 0.25) is 0 Å². The van der Waals surface area contributed by atoms with Crippen LogP contribution in [0.1, 0.15) is 18.4 Å². The molecule has 1 saturated heterocycles. The molecule has 0 radical (unpaired) electrons. The minimum atomic E-state index is -0.0833. The van der Waals surface area contributed by atoms with E-state index in [-0.39, 0.29) is 5.54 Å². The van der Waals surface area contributed by atoms with Crippen LogP contribution in [0, 0.1) is 0 Å². The van der Waals surface area contributed by atoms with E-state index in [0.717, 1.165) is 39.1 Å². The van der Waals surface area contributed by atoms with Gasteiger partial charge in [0.05, 0.1) is 0 Å². The third-order valence-corrected chi connectivity index (χ3v) is 3.28. The summed E-state index contributed by atoms with van der Waals surface area (Å²) in [7, 11) is 2.12. The predicted molar refractivity (Wildman–Crippen MR) is 67.5 cm³/mol. The van der Waals surface area contributed by atoms with Crippen molar-refractivity contribution in [2.45, 2.75) is 24.9 Å². The lowest BCUT2D eigenvalue weighted by Gasteiger charge is -2.36. The lowest BCUT2D eigenvalue weighted by Crippen LogP contribution is -2.52. The monoisotopic (exact) mass is 235 g/mol. The summed E-state index contributed by atoms with van der Waals surface area (Å²) < 4.78 is 5.36. The van der Waals surface area contributed by atoms with Gasteiger partial charge in [0.15, 0.2) is 0 Å². The Labute approximate surface area is 103 Å². The van der Waals surface area contributed by atoms with Crippen molar-refractivity contribution < 1.29 is 4.74 Å². The molecule has 1 aliphatic rings. The minimum Gasteiger partial charge on any atom is -0.381 e. The Morgan fingerprint density at radius 2 is 2.00 bits per heavy atom. The fraction of sp³-hybridized carbons (Fsp3) is 0.615. The van der Waals surface area contributed by atoms with Gasteiger partial charge in [-0.15, -0.1) is 0 Å². The highest BCUT2D eigenvalue weighted by molar-refractivity contribution is 5.09. The maximum Gasteiger partial charge on any atom is 0.0484 e. The Morgan fingerprint density at radius 3 is 2.65 bits per heavy atom. The number of nitrogens with zero attached hydrogens (tertiary/aromatic N) is 2. The van der Waals surface area contributed by atoms with Crippen LogP contribution in [-0.4, -0.2) is 42.2 Å². The summed E-state index contributed by atoms with van der Waals surface area (Å²) in [6, 6.07) is 4.09. The molecule has 1 aromatic rings. The van der Waals surface area contributed by atoms with Crippen LogP contribution in [0.5, 0.6) is 0 Å². The van der Waals surface area contributed by atoms with Crippen LogP contribution >= 0.6 is 0 Å². The van der Waals surface area contributed by atoms with Gasteiger partial charge >= 0.3 is 0 Å². The number of ether oxygens (including phenoxy) is 1.